The molecular formula is C22H29NO3. The summed E-state index contributed by atoms with van der Waals surface area (Å²) in [7, 11) is 0. The SMILES string of the molecule is CC(C)Oc1ccc(CNCc2ccc(OCC3CCCO3)cc2)cc1. The number of benzene rings is 2. The first-order chi connectivity index (χ1) is 12.7. The van der Waals surface area contributed by atoms with E-state index < -0.39 is 0 Å². The van der Waals surface area contributed by atoms with Crippen LogP contribution in [0.15, 0.2) is 48.5 Å². The van der Waals surface area contributed by atoms with Gasteiger partial charge in [-0.25, -0.2) is 0 Å². The van der Waals surface area contributed by atoms with E-state index in [1.807, 2.05) is 38.1 Å². The van der Waals surface area contributed by atoms with Crippen molar-refractivity contribution in [2.24, 2.45) is 0 Å². The van der Waals surface area contributed by atoms with Crippen molar-refractivity contribution in [2.45, 2.75) is 52.0 Å². The molecule has 0 spiro atoms. The van der Waals surface area contributed by atoms with Gasteiger partial charge in [0, 0.05) is 19.7 Å². The molecule has 2 aromatic rings. The van der Waals surface area contributed by atoms with Gasteiger partial charge in [0.15, 0.2) is 0 Å². The average Bonchev–Trinajstić information content (AvgIpc) is 3.16. The van der Waals surface area contributed by atoms with Gasteiger partial charge in [-0.2, -0.15) is 0 Å². The minimum absolute atomic E-state index is 0.205. The third kappa shape index (κ3) is 6.04. The van der Waals surface area contributed by atoms with Gasteiger partial charge in [0.2, 0.25) is 0 Å². The van der Waals surface area contributed by atoms with Crippen LogP contribution in [0.2, 0.25) is 0 Å². The van der Waals surface area contributed by atoms with Crippen LogP contribution in [-0.4, -0.2) is 25.4 Å². The highest BCUT2D eigenvalue weighted by Gasteiger charge is 2.15. The van der Waals surface area contributed by atoms with Crippen molar-refractivity contribution in [3.05, 3.63) is 59.7 Å². The largest absolute Gasteiger partial charge is 0.491 e. The molecule has 1 fully saturated rings. The Bertz CT molecular complexity index is 646. The third-order valence-electron chi connectivity index (χ3n) is 4.34. The molecule has 140 valence electrons. The molecule has 1 saturated heterocycles. The Morgan fingerprint density at radius 1 is 0.962 bits per heavy atom. The zero-order valence-corrected chi connectivity index (χ0v) is 15.7. The van der Waals surface area contributed by atoms with Crippen LogP contribution in [0.5, 0.6) is 11.5 Å². The lowest BCUT2D eigenvalue weighted by atomic mass is 10.2. The van der Waals surface area contributed by atoms with E-state index in [0.29, 0.717) is 6.61 Å². The lowest BCUT2D eigenvalue weighted by Gasteiger charge is -2.12. The summed E-state index contributed by atoms with van der Waals surface area (Å²) in [6.07, 6.45) is 2.71. The van der Waals surface area contributed by atoms with E-state index in [2.05, 4.69) is 29.6 Å². The average molecular weight is 355 g/mol. The van der Waals surface area contributed by atoms with Gasteiger partial charge in [0.1, 0.15) is 18.1 Å². The van der Waals surface area contributed by atoms with Gasteiger partial charge in [-0.1, -0.05) is 24.3 Å². The molecule has 2 aromatic carbocycles. The summed E-state index contributed by atoms with van der Waals surface area (Å²) in [6.45, 7) is 7.25. The quantitative estimate of drug-likeness (QED) is 0.727. The summed E-state index contributed by atoms with van der Waals surface area (Å²) < 4.78 is 17.0. The van der Waals surface area contributed by atoms with Crippen LogP contribution in [0.25, 0.3) is 0 Å². The van der Waals surface area contributed by atoms with Crippen molar-refractivity contribution in [3.63, 3.8) is 0 Å². The lowest BCUT2D eigenvalue weighted by Crippen LogP contribution is -2.16. The molecular weight excluding hydrogens is 326 g/mol. The topological polar surface area (TPSA) is 39.7 Å². The molecule has 0 bridgehead atoms. The number of hydrogen-bond donors (Lipinski definition) is 1. The van der Waals surface area contributed by atoms with E-state index >= 15 is 0 Å². The summed E-state index contributed by atoms with van der Waals surface area (Å²) in [5.41, 5.74) is 2.49. The zero-order chi connectivity index (χ0) is 18.2. The van der Waals surface area contributed by atoms with E-state index in [4.69, 9.17) is 14.2 Å². The van der Waals surface area contributed by atoms with Crippen LogP contribution in [0, 0.1) is 0 Å². The maximum absolute atomic E-state index is 5.80. The first kappa shape index (κ1) is 18.7. The van der Waals surface area contributed by atoms with Crippen molar-refractivity contribution in [1.82, 2.24) is 5.32 Å². The summed E-state index contributed by atoms with van der Waals surface area (Å²) >= 11 is 0. The predicted molar refractivity (Wildman–Crippen MR) is 104 cm³/mol. The van der Waals surface area contributed by atoms with E-state index in [1.54, 1.807) is 0 Å². The second kappa shape index (κ2) is 9.60. The molecule has 0 saturated carbocycles. The maximum Gasteiger partial charge on any atom is 0.119 e. The van der Waals surface area contributed by atoms with Crippen molar-refractivity contribution < 1.29 is 14.2 Å². The highest BCUT2D eigenvalue weighted by Crippen LogP contribution is 2.17. The molecule has 4 nitrogen and oxygen atoms in total. The van der Waals surface area contributed by atoms with E-state index in [9.17, 15) is 0 Å². The molecule has 4 heteroatoms. The number of hydrogen-bond acceptors (Lipinski definition) is 4. The van der Waals surface area contributed by atoms with Crippen LogP contribution in [0.1, 0.15) is 37.8 Å². The van der Waals surface area contributed by atoms with Crippen LogP contribution in [0.4, 0.5) is 0 Å². The minimum Gasteiger partial charge on any atom is -0.491 e. The fraction of sp³-hybridized carbons (Fsp3) is 0.455. The van der Waals surface area contributed by atoms with Crippen molar-refractivity contribution in [3.8, 4) is 11.5 Å². The molecule has 26 heavy (non-hydrogen) atoms. The van der Waals surface area contributed by atoms with E-state index in [-0.39, 0.29) is 12.2 Å². The standard InChI is InChI=1S/C22H29NO3/c1-17(2)26-21-11-7-19(8-12-21)15-23-14-18-5-9-20(10-6-18)25-16-22-4-3-13-24-22/h5-12,17,22-23H,3-4,13-16H2,1-2H3. The maximum atomic E-state index is 5.80. The smallest absolute Gasteiger partial charge is 0.119 e. The molecule has 1 atom stereocenters. The Hall–Kier alpha value is -2.04. The van der Waals surface area contributed by atoms with Gasteiger partial charge in [0.05, 0.1) is 12.2 Å². The van der Waals surface area contributed by atoms with Crippen LogP contribution in [-0.2, 0) is 17.8 Å². The van der Waals surface area contributed by atoms with Gasteiger partial charge in [0.25, 0.3) is 0 Å². The lowest BCUT2D eigenvalue weighted by molar-refractivity contribution is 0.0679. The van der Waals surface area contributed by atoms with Gasteiger partial charge in [-0.15, -0.1) is 0 Å². The highest BCUT2D eigenvalue weighted by atomic mass is 16.5. The molecule has 0 amide bonds. The number of ether oxygens (including phenoxy) is 3. The highest BCUT2D eigenvalue weighted by molar-refractivity contribution is 5.28. The summed E-state index contributed by atoms with van der Waals surface area (Å²) in [4.78, 5) is 0. The van der Waals surface area contributed by atoms with Crippen molar-refractivity contribution >= 4 is 0 Å². The molecule has 0 radical (unpaired) electrons. The van der Waals surface area contributed by atoms with Gasteiger partial charge in [-0.05, 0) is 62.1 Å². The fourth-order valence-electron chi connectivity index (χ4n) is 2.98. The zero-order valence-electron chi connectivity index (χ0n) is 15.7. The van der Waals surface area contributed by atoms with Gasteiger partial charge < -0.3 is 19.5 Å². The summed E-state index contributed by atoms with van der Waals surface area (Å²) in [6, 6.07) is 16.5. The van der Waals surface area contributed by atoms with Crippen LogP contribution in [0.3, 0.4) is 0 Å². The second-order valence-electron chi connectivity index (χ2n) is 7.00. The van der Waals surface area contributed by atoms with E-state index in [1.165, 1.54) is 11.1 Å². The minimum atomic E-state index is 0.205. The Morgan fingerprint density at radius 2 is 1.58 bits per heavy atom. The Balaban J connectivity index is 1.39. The summed E-state index contributed by atoms with van der Waals surface area (Å²) in [5, 5.41) is 3.47. The Kier molecular flexibility index (Phi) is 6.92. The molecule has 1 aliphatic heterocycles. The van der Waals surface area contributed by atoms with Crippen molar-refractivity contribution in [1.29, 1.82) is 0 Å². The predicted octanol–water partition coefficient (Wildman–Crippen LogP) is 4.32. The molecule has 1 N–H and O–H groups in total. The van der Waals surface area contributed by atoms with Crippen LogP contribution < -0.4 is 14.8 Å². The molecule has 1 unspecified atom stereocenters. The monoisotopic (exact) mass is 355 g/mol. The fourth-order valence-corrected chi connectivity index (χ4v) is 2.98. The molecule has 0 aromatic heterocycles. The van der Waals surface area contributed by atoms with Crippen LogP contribution >= 0.6 is 0 Å². The molecule has 1 heterocycles. The molecule has 1 aliphatic rings. The normalized spacial score (nSPS) is 16.8. The van der Waals surface area contributed by atoms with Crippen molar-refractivity contribution in [2.75, 3.05) is 13.2 Å². The first-order valence-electron chi connectivity index (χ1n) is 9.49. The second-order valence-corrected chi connectivity index (χ2v) is 7.00. The number of rotatable bonds is 9. The Morgan fingerprint density at radius 3 is 2.12 bits per heavy atom. The van der Waals surface area contributed by atoms with Gasteiger partial charge >= 0.3 is 0 Å². The molecule has 0 aliphatic carbocycles. The van der Waals surface area contributed by atoms with E-state index in [0.717, 1.165) is 44.0 Å². The third-order valence-corrected chi connectivity index (χ3v) is 4.34. The van der Waals surface area contributed by atoms with Gasteiger partial charge in [-0.3, -0.25) is 0 Å². The Labute approximate surface area is 156 Å². The first-order valence-corrected chi connectivity index (χ1v) is 9.49. The number of nitrogens with one attached hydrogen (secondary N) is 1. The summed E-state index contributed by atoms with van der Waals surface area (Å²) in [5.74, 6) is 1.83. The molecule has 3 rings (SSSR count).